The molecule has 1 N–H and O–H groups in total. The van der Waals surface area contributed by atoms with Crippen LogP contribution in [0.4, 0.5) is 10.7 Å². The van der Waals surface area contributed by atoms with Crippen molar-refractivity contribution in [2.24, 2.45) is 4.99 Å². The van der Waals surface area contributed by atoms with Crippen LogP contribution >= 0.6 is 45.5 Å². The van der Waals surface area contributed by atoms with Gasteiger partial charge < -0.3 is 14.8 Å². The quantitative estimate of drug-likeness (QED) is 0.153. The van der Waals surface area contributed by atoms with Crippen molar-refractivity contribution in [3.63, 3.8) is 0 Å². The Labute approximate surface area is 245 Å². The number of anilines is 1. The largest absolute Gasteiger partial charge is 0.493 e. The van der Waals surface area contributed by atoms with Crippen molar-refractivity contribution in [3.05, 3.63) is 102 Å². The molecule has 0 aliphatic heterocycles. The van der Waals surface area contributed by atoms with Crippen molar-refractivity contribution in [3.8, 4) is 11.5 Å². The molecule has 194 valence electrons. The molecule has 8 heteroatoms. The maximum atomic E-state index is 13.4. The highest BCUT2D eigenvalue weighted by Gasteiger charge is 2.25. The summed E-state index contributed by atoms with van der Waals surface area (Å²) in [6.07, 6.45) is 5.92. The van der Waals surface area contributed by atoms with E-state index in [1.807, 2.05) is 66.7 Å². The molecule has 0 bridgehead atoms. The van der Waals surface area contributed by atoms with E-state index < -0.39 is 0 Å². The zero-order chi connectivity index (χ0) is 26.5. The lowest BCUT2D eigenvalue weighted by Gasteiger charge is -2.14. The van der Waals surface area contributed by atoms with Crippen molar-refractivity contribution in [2.45, 2.75) is 32.3 Å². The maximum absolute atomic E-state index is 13.4. The molecule has 5 rings (SSSR count). The van der Waals surface area contributed by atoms with Crippen LogP contribution in [0, 0.1) is 3.57 Å². The summed E-state index contributed by atoms with van der Waals surface area (Å²) in [7, 11) is 1.62. The molecular weight excluding hydrogens is 631 g/mol. The second-order valence-corrected chi connectivity index (χ2v) is 11.6. The summed E-state index contributed by atoms with van der Waals surface area (Å²) >= 11 is 9.97. The first-order valence-corrected chi connectivity index (χ1v) is 14.6. The first-order chi connectivity index (χ1) is 18.5. The van der Waals surface area contributed by atoms with Crippen LogP contribution in [-0.2, 0) is 19.4 Å². The smallest absolute Gasteiger partial charge is 0.259 e. The van der Waals surface area contributed by atoms with Gasteiger partial charge in [-0.05, 0) is 101 Å². The van der Waals surface area contributed by atoms with Crippen molar-refractivity contribution >= 4 is 68.3 Å². The Balaban J connectivity index is 1.41. The van der Waals surface area contributed by atoms with Crippen molar-refractivity contribution in [2.75, 3.05) is 12.4 Å². The van der Waals surface area contributed by atoms with Gasteiger partial charge in [0.05, 0.1) is 16.2 Å². The topological polar surface area (TPSA) is 59.9 Å². The van der Waals surface area contributed by atoms with E-state index in [0.717, 1.165) is 56.6 Å². The second-order valence-electron chi connectivity index (χ2n) is 8.92. The number of amides is 1. The summed E-state index contributed by atoms with van der Waals surface area (Å²) in [6, 6.07) is 21.0. The summed E-state index contributed by atoms with van der Waals surface area (Å²) in [6.45, 7) is 0.376. The number of methoxy groups -OCH3 is 1. The molecule has 0 radical (unpaired) electrons. The Morgan fingerprint density at radius 3 is 2.71 bits per heavy atom. The van der Waals surface area contributed by atoms with Crippen molar-refractivity contribution in [1.29, 1.82) is 0 Å². The van der Waals surface area contributed by atoms with Crippen LogP contribution in [0.15, 0.2) is 71.7 Å². The van der Waals surface area contributed by atoms with Gasteiger partial charge in [-0.15, -0.1) is 11.3 Å². The SMILES string of the molecule is COc1cc(C=Nc2sc3c(c2C(=O)Nc2ccccc2)CCCC3)cc(I)c1OCc1cccc(Cl)c1. The van der Waals surface area contributed by atoms with E-state index in [9.17, 15) is 4.79 Å². The summed E-state index contributed by atoms with van der Waals surface area (Å²) in [5, 5.41) is 4.46. The minimum absolute atomic E-state index is 0.111. The predicted octanol–water partition coefficient (Wildman–Crippen LogP) is 8.48. The van der Waals surface area contributed by atoms with Gasteiger partial charge in [-0.2, -0.15) is 0 Å². The standard InChI is InChI=1S/C30H26ClIN2O3S/c1-36-25-16-20(15-24(32)28(25)37-18-19-8-7-9-21(31)14-19)17-33-30-27(23-12-5-6-13-26(23)38-30)29(35)34-22-10-3-2-4-11-22/h2-4,7-11,14-17H,5-6,12-13,18H2,1H3,(H,34,35). The molecule has 1 amide bonds. The zero-order valence-electron chi connectivity index (χ0n) is 20.8. The zero-order valence-corrected chi connectivity index (χ0v) is 24.5. The number of halogens is 2. The van der Waals surface area contributed by atoms with Gasteiger partial charge in [0.25, 0.3) is 5.91 Å². The molecule has 5 nitrogen and oxygen atoms in total. The molecule has 0 spiro atoms. The number of nitrogens with one attached hydrogen (secondary N) is 1. The van der Waals surface area contributed by atoms with Gasteiger partial charge in [-0.25, -0.2) is 4.99 Å². The minimum Gasteiger partial charge on any atom is -0.493 e. The molecule has 0 atom stereocenters. The summed E-state index contributed by atoms with van der Waals surface area (Å²) in [5.74, 6) is 1.17. The summed E-state index contributed by atoms with van der Waals surface area (Å²) in [5.41, 5.74) is 4.44. The molecule has 1 aromatic heterocycles. The first kappa shape index (κ1) is 26.7. The van der Waals surface area contributed by atoms with Crippen LogP contribution in [0.1, 0.15) is 44.8 Å². The van der Waals surface area contributed by atoms with Crippen molar-refractivity contribution < 1.29 is 14.3 Å². The van der Waals surface area contributed by atoms with Crippen LogP contribution in [0.5, 0.6) is 11.5 Å². The molecule has 38 heavy (non-hydrogen) atoms. The predicted molar refractivity (Wildman–Crippen MR) is 164 cm³/mol. The van der Waals surface area contributed by atoms with E-state index >= 15 is 0 Å². The van der Waals surface area contributed by atoms with Gasteiger partial charge in [0.15, 0.2) is 11.5 Å². The normalized spacial score (nSPS) is 12.8. The van der Waals surface area contributed by atoms with Gasteiger partial charge in [-0.3, -0.25) is 4.79 Å². The Hall–Kier alpha value is -2.88. The third-order valence-electron chi connectivity index (χ3n) is 6.27. The fourth-order valence-corrected chi connectivity index (χ4v) is 6.69. The summed E-state index contributed by atoms with van der Waals surface area (Å²) in [4.78, 5) is 19.4. The number of aryl methyl sites for hydroxylation is 1. The van der Waals surface area contributed by atoms with Crippen LogP contribution < -0.4 is 14.8 Å². The maximum Gasteiger partial charge on any atom is 0.259 e. The fraction of sp³-hybridized carbons (Fsp3) is 0.200. The van der Waals surface area contributed by atoms with Crippen LogP contribution in [0.2, 0.25) is 5.02 Å². The van der Waals surface area contributed by atoms with E-state index in [1.54, 1.807) is 24.7 Å². The molecule has 0 unspecified atom stereocenters. The van der Waals surface area contributed by atoms with Crippen LogP contribution in [-0.4, -0.2) is 19.2 Å². The molecular formula is C30H26ClIN2O3S. The molecule has 1 heterocycles. The number of ether oxygens (including phenoxy) is 2. The number of para-hydroxylation sites is 1. The van der Waals surface area contributed by atoms with E-state index in [0.29, 0.717) is 28.7 Å². The molecule has 1 aliphatic rings. The number of hydrogen-bond donors (Lipinski definition) is 1. The average molecular weight is 657 g/mol. The highest BCUT2D eigenvalue weighted by Crippen LogP contribution is 2.41. The lowest BCUT2D eigenvalue weighted by molar-refractivity contribution is 0.102. The molecule has 1 aliphatic carbocycles. The molecule has 0 saturated carbocycles. The van der Waals surface area contributed by atoms with Gasteiger partial charge in [-0.1, -0.05) is 41.9 Å². The lowest BCUT2D eigenvalue weighted by atomic mass is 9.95. The van der Waals surface area contributed by atoms with Gasteiger partial charge in [0.2, 0.25) is 0 Å². The summed E-state index contributed by atoms with van der Waals surface area (Å²) < 4.78 is 12.6. The van der Waals surface area contributed by atoms with E-state index in [1.165, 1.54) is 4.88 Å². The Morgan fingerprint density at radius 2 is 1.92 bits per heavy atom. The van der Waals surface area contributed by atoms with E-state index in [-0.39, 0.29) is 5.91 Å². The Bertz CT molecular complexity index is 1490. The number of hydrogen-bond acceptors (Lipinski definition) is 5. The molecule has 4 aromatic rings. The number of aliphatic imine (C=N–C) groups is 1. The van der Waals surface area contributed by atoms with E-state index in [2.05, 4.69) is 27.9 Å². The Kier molecular flexibility index (Phi) is 8.66. The number of thiophene rings is 1. The molecule has 0 saturated heterocycles. The number of fused-ring (bicyclic) bond motifs is 1. The number of carbonyl (C=O) groups is 1. The van der Waals surface area contributed by atoms with Gasteiger partial charge in [0.1, 0.15) is 11.6 Å². The number of benzene rings is 3. The first-order valence-electron chi connectivity index (χ1n) is 12.3. The van der Waals surface area contributed by atoms with Crippen molar-refractivity contribution in [1.82, 2.24) is 0 Å². The van der Waals surface area contributed by atoms with Crippen LogP contribution in [0.3, 0.4) is 0 Å². The van der Waals surface area contributed by atoms with E-state index in [4.69, 9.17) is 26.1 Å². The number of nitrogens with zero attached hydrogens (tertiary/aromatic N) is 1. The van der Waals surface area contributed by atoms with Gasteiger partial charge >= 0.3 is 0 Å². The average Bonchev–Trinajstić information content (AvgIpc) is 3.30. The third-order valence-corrected chi connectivity index (χ3v) is 8.50. The Morgan fingerprint density at radius 1 is 1.11 bits per heavy atom. The third kappa shape index (κ3) is 6.22. The fourth-order valence-electron chi connectivity index (χ4n) is 4.46. The number of carbonyl (C=O) groups excluding carboxylic acids is 1. The van der Waals surface area contributed by atoms with Gasteiger partial charge in [0, 0.05) is 21.8 Å². The lowest BCUT2D eigenvalue weighted by Crippen LogP contribution is -2.14. The highest BCUT2D eigenvalue weighted by molar-refractivity contribution is 14.1. The second kappa shape index (κ2) is 12.3. The molecule has 0 fully saturated rings. The highest BCUT2D eigenvalue weighted by atomic mass is 127. The van der Waals surface area contributed by atoms with Crippen LogP contribution in [0.25, 0.3) is 0 Å². The monoisotopic (exact) mass is 656 g/mol. The minimum atomic E-state index is -0.111. The molecule has 3 aromatic carbocycles. The number of rotatable bonds is 8.